The Hall–Kier alpha value is -2.30. The van der Waals surface area contributed by atoms with E-state index in [4.69, 9.17) is 4.74 Å². The number of rotatable bonds is 7. The van der Waals surface area contributed by atoms with Gasteiger partial charge >= 0.3 is 0 Å². The fourth-order valence-corrected chi connectivity index (χ4v) is 2.08. The van der Waals surface area contributed by atoms with Crippen molar-refractivity contribution < 1.29 is 9.53 Å². The summed E-state index contributed by atoms with van der Waals surface area (Å²) in [6.07, 6.45) is 5.49. The number of aromatic nitrogens is 2. The van der Waals surface area contributed by atoms with Crippen molar-refractivity contribution in [1.82, 2.24) is 14.9 Å². The molecule has 0 spiro atoms. The SMILES string of the molecule is CC[C@@H](Oc1ccccc1)C(=O)N[C@H](C)Cn1ccnc1. The van der Waals surface area contributed by atoms with E-state index in [9.17, 15) is 4.79 Å². The average molecular weight is 287 g/mol. The van der Waals surface area contributed by atoms with Gasteiger partial charge in [-0.1, -0.05) is 25.1 Å². The Balaban J connectivity index is 1.87. The highest BCUT2D eigenvalue weighted by Crippen LogP contribution is 2.12. The predicted octanol–water partition coefficient (Wildman–Crippen LogP) is 2.25. The zero-order chi connectivity index (χ0) is 15.1. The lowest BCUT2D eigenvalue weighted by atomic mass is 10.2. The highest BCUT2D eigenvalue weighted by Gasteiger charge is 2.20. The van der Waals surface area contributed by atoms with Crippen molar-refractivity contribution in [2.24, 2.45) is 0 Å². The van der Waals surface area contributed by atoms with Crippen LogP contribution in [0, 0.1) is 0 Å². The van der Waals surface area contributed by atoms with Crippen LogP contribution >= 0.6 is 0 Å². The van der Waals surface area contributed by atoms with Crippen molar-refractivity contribution >= 4 is 5.91 Å². The summed E-state index contributed by atoms with van der Waals surface area (Å²) in [4.78, 5) is 16.2. The first-order valence-corrected chi connectivity index (χ1v) is 7.17. The Morgan fingerprint density at radius 3 is 2.76 bits per heavy atom. The lowest BCUT2D eigenvalue weighted by Crippen LogP contribution is -2.43. The molecular formula is C16H21N3O2. The van der Waals surface area contributed by atoms with E-state index in [2.05, 4.69) is 10.3 Å². The molecule has 1 N–H and O–H groups in total. The van der Waals surface area contributed by atoms with Crippen molar-refractivity contribution in [2.75, 3.05) is 0 Å². The van der Waals surface area contributed by atoms with Crippen LogP contribution < -0.4 is 10.1 Å². The first-order chi connectivity index (χ1) is 10.2. The minimum Gasteiger partial charge on any atom is -0.481 e. The highest BCUT2D eigenvalue weighted by atomic mass is 16.5. The number of benzene rings is 1. The van der Waals surface area contributed by atoms with Gasteiger partial charge in [0, 0.05) is 25.0 Å². The van der Waals surface area contributed by atoms with Crippen molar-refractivity contribution in [2.45, 2.75) is 39.0 Å². The minimum absolute atomic E-state index is 0.0140. The molecule has 112 valence electrons. The molecule has 1 aromatic carbocycles. The number of carbonyl (C=O) groups excluding carboxylic acids is 1. The zero-order valence-corrected chi connectivity index (χ0v) is 12.4. The van der Waals surface area contributed by atoms with Crippen LogP contribution in [0.4, 0.5) is 0 Å². The van der Waals surface area contributed by atoms with E-state index < -0.39 is 6.10 Å². The van der Waals surface area contributed by atoms with Gasteiger partial charge in [-0.15, -0.1) is 0 Å². The van der Waals surface area contributed by atoms with Gasteiger partial charge in [-0.05, 0) is 25.5 Å². The molecule has 0 saturated carbocycles. The fraction of sp³-hybridized carbons (Fsp3) is 0.375. The molecule has 5 nitrogen and oxygen atoms in total. The van der Waals surface area contributed by atoms with Gasteiger partial charge in [-0.3, -0.25) is 4.79 Å². The van der Waals surface area contributed by atoms with Crippen LogP contribution in [-0.2, 0) is 11.3 Å². The Bertz CT molecular complexity index is 540. The number of para-hydroxylation sites is 1. The first-order valence-electron chi connectivity index (χ1n) is 7.17. The summed E-state index contributed by atoms with van der Waals surface area (Å²) in [5, 5.41) is 2.98. The number of nitrogens with one attached hydrogen (secondary N) is 1. The van der Waals surface area contributed by atoms with Crippen LogP contribution in [0.3, 0.4) is 0 Å². The summed E-state index contributed by atoms with van der Waals surface area (Å²) in [5.74, 6) is 0.621. The van der Waals surface area contributed by atoms with Crippen molar-refractivity contribution in [1.29, 1.82) is 0 Å². The third-order valence-corrected chi connectivity index (χ3v) is 3.12. The quantitative estimate of drug-likeness (QED) is 0.849. The van der Waals surface area contributed by atoms with Crippen LogP contribution in [0.25, 0.3) is 0 Å². The normalized spacial score (nSPS) is 13.4. The predicted molar refractivity (Wildman–Crippen MR) is 81.0 cm³/mol. The Labute approximate surface area is 125 Å². The second kappa shape index (κ2) is 7.47. The summed E-state index contributed by atoms with van der Waals surface area (Å²) in [6.45, 7) is 4.59. The zero-order valence-electron chi connectivity index (χ0n) is 12.4. The molecule has 2 rings (SSSR count). The third kappa shape index (κ3) is 4.63. The first kappa shape index (κ1) is 15.1. The highest BCUT2D eigenvalue weighted by molar-refractivity contribution is 5.81. The standard InChI is InChI=1S/C16H21N3O2/c1-3-15(21-14-7-5-4-6-8-14)16(20)18-13(2)11-19-10-9-17-12-19/h4-10,12-13,15H,3,11H2,1-2H3,(H,18,20)/t13-,15-/m1/s1. The molecule has 0 radical (unpaired) electrons. The molecule has 0 aliphatic heterocycles. The van der Waals surface area contributed by atoms with Gasteiger partial charge in [0.25, 0.3) is 5.91 Å². The molecule has 2 aromatic rings. The molecule has 1 amide bonds. The minimum atomic E-state index is -0.474. The number of ether oxygens (including phenoxy) is 1. The van der Waals surface area contributed by atoms with Crippen molar-refractivity contribution in [3.8, 4) is 5.75 Å². The number of hydrogen-bond acceptors (Lipinski definition) is 3. The number of hydrogen-bond donors (Lipinski definition) is 1. The average Bonchev–Trinajstić information content (AvgIpc) is 2.98. The van der Waals surface area contributed by atoms with Crippen LogP contribution in [0.5, 0.6) is 5.75 Å². The van der Waals surface area contributed by atoms with E-state index in [1.807, 2.05) is 54.9 Å². The number of nitrogens with zero attached hydrogens (tertiary/aromatic N) is 2. The number of carbonyl (C=O) groups is 1. The summed E-state index contributed by atoms with van der Waals surface area (Å²) in [7, 11) is 0. The third-order valence-electron chi connectivity index (χ3n) is 3.12. The summed E-state index contributed by atoms with van der Waals surface area (Å²) in [6, 6.07) is 9.42. The largest absolute Gasteiger partial charge is 0.481 e. The summed E-state index contributed by atoms with van der Waals surface area (Å²) in [5.41, 5.74) is 0. The smallest absolute Gasteiger partial charge is 0.261 e. The van der Waals surface area contributed by atoms with Gasteiger partial charge in [-0.2, -0.15) is 0 Å². The summed E-state index contributed by atoms with van der Waals surface area (Å²) < 4.78 is 7.66. The van der Waals surface area contributed by atoms with Crippen molar-refractivity contribution in [3.05, 3.63) is 49.1 Å². The van der Waals surface area contributed by atoms with E-state index in [1.165, 1.54) is 0 Å². The molecule has 0 aliphatic rings. The molecule has 5 heteroatoms. The topological polar surface area (TPSA) is 56.1 Å². The molecule has 0 bridgehead atoms. The lowest BCUT2D eigenvalue weighted by molar-refractivity contribution is -0.128. The van der Waals surface area contributed by atoms with E-state index in [-0.39, 0.29) is 11.9 Å². The Morgan fingerprint density at radius 1 is 1.38 bits per heavy atom. The molecular weight excluding hydrogens is 266 g/mol. The van der Waals surface area contributed by atoms with Gasteiger partial charge in [0.1, 0.15) is 5.75 Å². The molecule has 2 atom stereocenters. The fourth-order valence-electron chi connectivity index (χ4n) is 2.08. The van der Waals surface area contributed by atoms with Crippen LogP contribution in [0.15, 0.2) is 49.1 Å². The molecule has 21 heavy (non-hydrogen) atoms. The van der Waals surface area contributed by atoms with Crippen molar-refractivity contribution in [3.63, 3.8) is 0 Å². The van der Waals surface area contributed by atoms with Gasteiger partial charge in [0.2, 0.25) is 0 Å². The molecule has 1 aromatic heterocycles. The van der Waals surface area contributed by atoms with Gasteiger partial charge in [-0.25, -0.2) is 4.98 Å². The molecule has 0 aliphatic carbocycles. The molecule has 1 heterocycles. The number of imidazole rings is 1. The van der Waals surface area contributed by atoms with Gasteiger partial charge < -0.3 is 14.6 Å². The van der Waals surface area contributed by atoms with Crippen LogP contribution in [0.1, 0.15) is 20.3 Å². The van der Waals surface area contributed by atoms with E-state index in [0.29, 0.717) is 18.7 Å². The monoisotopic (exact) mass is 287 g/mol. The maximum atomic E-state index is 12.3. The van der Waals surface area contributed by atoms with Gasteiger partial charge in [0.05, 0.1) is 6.33 Å². The second-order valence-corrected chi connectivity index (χ2v) is 5.00. The maximum Gasteiger partial charge on any atom is 0.261 e. The second-order valence-electron chi connectivity index (χ2n) is 5.00. The maximum absolute atomic E-state index is 12.3. The van der Waals surface area contributed by atoms with Gasteiger partial charge in [0.15, 0.2) is 6.10 Å². The van der Waals surface area contributed by atoms with Crippen LogP contribution in [-0.4, -0.2) is 27.6 Å². The molecule has 0 unspecified atom stereocenters. The Morgan fingerprint density at radius 2 is 2.14 bits per heavy atom. The summed E-state index contributed by atoms with van der Waals surface area (Å²) >= 11 is 0. The van der Waals surface area contributed by atoms with E-state index in [1.54, 1.807) is 12.5 Å². The molecule has 0 fully saturated rings. The van der Waals surface area contributed by atoms with E-state index >= 15 is 0 Å². The van der Waals surface area contributed by atoms with E-state index in [0.717, 1.165) is 0 Å². The Kier molecular flexibility index (Phi) is 5.37. The molecule has 0 saturated heterocycles. The number of amides is 1. The van der Waals surface area contributed by atoms with Crippen LogP contribution in [0.2, 0.25) is 0 Å². The lowest BCUT2D eigenvalue weighted by Gasteiger charge is -2.20.